The Morgan fingerprint density at radius 2 is 1.39 bits per heavy atom. The summed E-state index contributed by atoms with van der Waals surface area (Å²) in [5.74, 6) is 1.67. The molecule has 6 nitrogen and oxygen atoms in total. The van der Waals surface area contributed by atoms with Crippen molar-refractivity contribution in [3.8, 4) is 34.1 Å². The normalized spacial score (nSPS) is 10.9. The van der Waals surface area contributed by atoms with E-state index in [0.29, 0.717) is 17.2 Å². The molecule has 142 valence electrons. The second-order valence-corrected chi connectivity index (χ2v) is 6.45. The molecule has 0 aliphatic heterocycles. The van der Waals surface area contributed by atoms with Crippen LogP contribution in [0.3, 0.4) is 0 Å². The Labute approximate surface area is 163 Å². The Morgan fingerprint density at radius 3 is 2.00 bits per heavy atom. The number of benzene rings is 3. The Balaban J connectivity index is 1.87. The lowest BCUT2D eigenvalue weighted by atomic mass is 10.0. The van der Waals surface area contributed by atoms with Gasteiger partial charge in [-0.05, 0) is 30.2 Å². The highest BCUT2D eigenvalue weighted by Crippen LogP contribution is 2.39. The maximum absolute atomic E-state index is 5.47. The summed E-state index contributed by atoms with van der Waals surface area (Å²) in [5, 5.41) is 8.63. The van der Waals surface area contributed by atoms with Crippen LogP contribution in [0.25, 0.3) is 27.8 Å². The van der Waals surface area contributed by atoms with Gasteiger partial charge in [-0.25, -0.2) is 4.68 Å². The van der Waals surface area contributed by atoms with Crippen LogP contribution in [0.5, 0.6) is 17.2 Å². The van der Waals surface area contributed by atoms with Crippen LogP contribution in [-0.2, 0) is 0 Å². The van der Waals surface area contributed by atoms with Gasteiger partial charge in [0.05, 0.1) is 32.5 Å². The summed E-state index contributed by atoms with van der Waals surface area (Å²) in [5.41, 5.74) is 5.96. The van der Waals surface area contributed by atoms with Gasteiger partial charge in [-0.3, -0.25) is 0 Å². The van der Waals surface area contributed by atoms with E-state index in [0.717, 1.165) is 27.8 Å². The summed E-state index contributed by atoms with van der Waals surface area (Å²) in [6.45, 7) is 2.08. The van der Waals surface area contributed by atoms with E-state index >= 15 is 0 Å². The molecule has 0 spiro atoms. The van der Waals surface area contributed by atoms with Crippen molar-refractivity contribution in [3.05, 3.63) is 60.2 Å². The summed E-state index contributed by atoms with van der Waals surface area (Å²) < 4.78 is 18.1. The maximum Gasteiger partial charge on any atom is 0.203 e. The predicted octanol–water partition coefficient (Wildman–Crippen LogP) is 4.42. The molecule has 0 bridgehead atoms. The molecule has 0 saturated carbocycles. The standard InChI is InChI=1S/C22H21N3O3/c1-14-5-7-15(8-6-14)16-9-10-18-19(11-16)25(24-23-18)17-12-20(26-2)22(28-4)21(13-17)27-3/h5-13H,1-4H3. The summed E-state index contributed by atoms with van der Waals surface area (Å²) in [4.78, 5) is 0. The molecule has 0 atom stereocenters. The van der Waals surface area contributed by atoms with E-state index in [4.69, 9.17) is 14.2 Å². The molecule has 1 heterocycles. The molecule has 28 heavy (non-hydrogen) atoms. The highest BCUT2D eigenvalue weighted by Gasteiger charge is 2.16. The van der Waals surface area contributed by atoms with E-state index in [-0.39, 0.29) is 0 Å². The zero-order valence-corrected chi connectivity index (χ0v) is 16.3. The van der Waals surface area contributed by atoms with Crippen molar-refractivity contribution in [2.45, 2.75) is 6.92 Å². The van der Waals surface area contributed by atoms with E-state index < -0.39 is 0 Å². The highest BCUT2D eigenvalue weighted by molar-refractivity contribution is 5.83. The van der Waals surface area contributed by atoms with Gasteiger partial charge in [0.1, 0.15) is 5.52 Å². The van der Waals surface area contributed by atoms with Crippen LogP contribution in [-0.4, -0.2) is 36.3 Å². The molecule has 0 N–H and O–H groups in total. The first-order valence-corrected chi connectivity index (χ1v) is 8.87. The van der Waals surface area contributed by atoms with E-state index in [1.165, 1.54) is 5.56 Å². The van der Waals surface area contributed by atoms with Gasteiger partial charge in [-0.1, -0.05) is 41.1 Å². The Hall–Kier alpha value is -3.54. The van der Waals surface area contributed by atoms with Gasteiger partial charge in [0.25, 0.3) is 0 Å². The fourth-order valence-electron chi connectivity index (χ4n) is 3.22. The predicted molar refractivity (Wildman–Crippen MR) is 109 cm³/mol. The number of aryl methyl sites for hydroxylation is 1. The quantitative estimate of drug-likeness (QED) is 0.517. The molecule has 6 heteroatoms. The maximum atomic E-state index is 5.47. The Morgan fingerprint density at radius 1 is 0.750 bits per heavy atom. The monoisotopic (exact) mass is 375 g/mol. The average Bonchev–Trinajstić information content (AvgIpc) is 3.16. The molecule has 3 aromatic carbocycles. The van der Waals surface area contributed by atoms with Gasteiger partial charge >= 0.3 is 0 Å². The van der Waals surface area contributed by atoms with Crippen molar-refractivity contribution in [1.29, 1.82) is 0 Å². The number of aromatic nitrogens is 3. The summed E-state index contributed by atoms with van der Waals surface area (Å²) in [7, 11) is 4.77. The lowest BCUT2D eigenvalue weighted by Crippen LogP contribution is -2.01. The molecule has 0 aliphatic carbocycles. The van der Waals surface area contributed by atoms with Crippen LogP contribution in [0.2, 0.25) is 0 Å². The largest absolute Gasteiger partial charge is 0.493 e. The minimum absolute atomic E-state index is 0.540. The Bertz CT molecular complexity index is 1110. The molecule has 4 aromatic rings. The topological polar surface area (TPSA) is 58.4 Å². The molecule has 0 aliphatic rings. The lowest BCUT2D eigenvalue weighted by molar-refractivity contribution is 0.324. The first-order valence-electron chi connectivity index (χ1n) is 8.87. The molecule has 0 fully saturated rings. The van der Waals surface area contributed by atoms with Gasteiger partial charge in [0, 0.05) is 12.1 Å². The number of ether oxygens (including phenoxy) is 3. The molecular weight excluding hydrogens is 354 g/mol. The highest BCUT2D eigenvalue weighted by atomic mass is 16.5. The van der Waals surface area contributed by atoms with Crippen LogP contribution < -0.4 is 14.2 Å². The third-order valence-corrected chi connectivity index (χ3v) is 4.72. The first-order chi connectivity index (χ1) is 13.6. The van der Waals surface area contributed by atoms with Crippen molar-refractivity contribution in [1.82, 2.24) is 15.0 Å². The zero-order valence-electron chi connectivity index (χ0n) is 16.3. The third kappa shape index (κ3) is 3.03. The first kappa shape index (κ1) is 17.9. The van der Waals surface area contributed by atoms with Gasteiger partial charge in [-0.2, -0.15) is 0 Å². The molecule has 0 unspecified atom stereocenters. The second kappa shape index (κ2) is 7.23. The second-order valence-electron chi connectivity index (χ2n) is 6.45. The fraction of sp³-hybridized carbons (Fsp3) is 0.182. The average molecular weight is 375 g/mol. The van der Waals surface area contributed by atoms with Gasteiger partial charge in [0.15, 0.2) is 11.5 Å². The zero-order chi connectivity index (χ0) is 19.7. The molecule has 1 aromatic heterocycles. The Kier molecular flexibility index (Phi) is 4.61. The van der Waals surface area contributed by atoms with E-state index in [1.54, 1.807) is 26.0 Å². The van der Waals surface area contributed by atoms with Crippen LogP contribution >= 0.6 is 0 Å². The number of rotatable bonds is 5. The molecule has 0 radical (unpaired) electrons. The van der Waals surface area contributed by atoms with Gasteiger partial charge < -0.3 is 14.2 Å². The number of fused-ring (bicyclic) bond motifs is 1. The minimum Gasteiger partial charge on any atom is -0.493 e. The van der Waals surface area contributed by atoms with E-state index in [2.05, 4.69) is 53.6 Å². The van der Waals surface area contributed by atoms with Crippen LogP contribution in [0.15, 0.2) is 54.6 Å². The smallest absolute Gasteiger partial charge is 0.203 e. The molecular formula is C22H21N3O3. The molecule has 0 saturated heterocycles. The van der Waals surface area contributed by atoms with Crippen LogP contribution in [0.1, 0.15) is 5.56 Å². The SMILES string of the molecule is COc1cc(-n2nnc3ccc(-c4ccc(C)cc4)cc32)cc(OC)c1OC. The van der Waals surface area contributed by atoms with Crippen LogP contribution in [0.4, 0.5) is 0 Å². The third-order valence-electron chi connectivity index (χ3n) is 4.72. The number of hydrogen-bond donors (Lipinski definition) is 0. The van der Waals surface area contributed by atoms with Crippen molar-refractivity contribution in [2.24, 2.45) is 0 Å². The van der Waals surface area contributed by atoms with Gasteiger partial charge in [-0.15, -0.1) is 5.10 Å². The summed E-state index contributed by atoms with van der Waals surface area (Å²) in [6.07, 6.45) is 0. The number of nitrogens with zero attached hydrogens (tertiary/aromatic N) is 3. The van der Waals surface area contributed by atoms with E-state index in [9.17, 15) is 0 Å². The van der Waals surface area contributed by atoms with Crippen molar-refractivity contribution < 1.29 is 14.2 Å². The summed E-state index contributed by atoms with van der Waals surface area (Å²) >= 11 is 0. The minimum atomic E-state index is 0.540. The fourth-order valence-corrected chi connectivity index (χ4v) is 3.22. The van der Waals surface area contributed by atoms with Crippen molar-refractivity contribution in [2.75, 3.05) is 21.3 Å². The molecule has 4 rings (SSSR count). The van der Waals surface area contributed by atoms with Crippen molar-refractivity contribution in [3.63, 3.8) is 0 Å². The lowest BCUT2D eigenvalue weighted by Gasteiger charge is -2.14. The summed E-state index contributed by atoms with van der Waals surface area (Å²) in [6, 6.07) is 18.3. The van der Waals surface area contributed by atoms with E-state index in [1.807, 2.05) is 18.2 Å². The number of hydrogen-bond acceptors (Lipinski definition) is 5. The number of methoxy groups -OCH3 is 3. The van der Waals surface area contributed by atoms with Gasteiger partial charge in [0.2, 0.25) is 5.75 Å². The van der Waals surface area contributed by atoms with Crippen molar-refractivity contribution >= 4 is 11.0 Å². The van der Waals surface area contributed by atoms with Crippen LogP contribution in [0, 0.1) is 6.92 Å². The molecule has 0 amide bonds.